The van der Waals surface area contributed by atoms with E-state index in [4.69, 9.17) is 4.74 Å². The number of aliphatic carboxylic acids is 1. The summed E-state index contributed by atoms with van der Waals surface area (Å²) in [5.74, 6) is -2.21. The Bertz CT molecular complexity index is 736. The Hall–Kier alpha value is -2.82. The molecule has 120 valence electrons. The normalized spacial score (nSPS) is 11.7. The Labute approximate surface area is 134 Å². The molecule has 5 heteroatoms. The van der Waals surface area contributed by atoms with Crippen LogP contribution in [0.1, 0.15) is 33.0 Å². The lowest BCUT2D eigenvalue weighted by molar-refractivity contribution is -0.138. The fourth-order valence-electron chi connectivity index (χ4n) is 2.62. The van der Waals surface area contributed by atoms with Crippen molar-refractivity contribution in [1.29, 1.82) is 0 Å². The molecule has 0 heterocycles. The van der Waals surface area contributed by atoms with Crippen molar-refractivity contribution in [1.82, 2.24) is 0 Å². The standard InChI is InChI=1S/C18H18O5/c1-11-9-13(23-2)7-8-14(11)16(18(21)22)10-12-5-3-4-6-15(12)17(19)20/h3-9,16H,10H2,1-2H3,(H,19,20)(H,21,22). The van der Waals surface area contributed by atoms with Gasteiger partial charge in [0, 0.05) is 0 Å². The van der Waals surface area contributed by atoms with Gasteiger partial charge in [-0.1, -0.05) is 24.3 Å². The van der Waals surface area contributed by atoms with Crippen LogP contribution in [-0.4, -0.2) is 29.3 Å². The van der Waals surface area contributed by atoms with Crippen molar-refractivity contribution in [3.8, 4) is 5.75 Å². The zero-order valence-corrected chi connectivity index (χ0v) is 12.9. The van der Waals surface area contributed by atoms with Crippen LogP contribution in [0.25, 0.3) is 0 Å². The van der Waals surface area contributed by atoms with Crippen molar-refractivity contribution in [2.75, 3.05) is 7.11 Å². The van der Waals surface area contributed by atoms with Crippen molar-refractivity contribution in [2.24, 2.45) is 0 Å². The number of carboxylic acids is 2. The molecule has 0 bridgehead atoms. The molecule has 0 aromatic heterocycles. The van der Waals surface area contributed by atoms with Gasteiger partial charge in [-0.25, -0.2) is 4.79 Å². The molecule has 23 heavy (non-hydrogen) atoms. The van der Waals surface area contributed by atoms with Crippen LogP contribution in [0.5, 0.6) is 5.75 Å². The molecule has 0 aliphatic heterocycles. The van der Waals surface area contributed by atoms with E-state index in [1.807, 2.05) is 6.92 Å². The predicted octanol–water partition coefficient (Wildman–Crippen LogP) is 3.11. The zero-order valence-electron chi connectivity index (χ0n) is 12.9. The van der Waals surface area contributed by atoms with E-state index in [0.717, 1.165) is 5.56 Å². The Morgan fingerprint density at radius 3 is 2.39 bits per heavy atom. The number of hydrogen-bond acceptors (Lipinski definition) is 3. The minimum atomic E-state index is -1.06. The summed E-state index contributed by atoms with van der Waals surface area (Å²) in [6.07, 6.45) is 0.116. The molecule has 1 atom stereocenters. The third-order valence-electron chi connectivity index (χ3n) is 3.82. The third kappa shape index (κ3) is 3.69. The monoisotopic (exact) mass is 314 g/mol. The third-order valence-corrected chi connectivity index (χ3v) is 3.82. The fourth-order valence-corrected chi connectivity index (χ4v) is 2.62. The van der Waals surface area contributed by atoms with Crippen LogP contribution < -0.4 is 4.74 Å². The molecule has 0 fully saturated rings. The highest BCUT2D eigenvalue weighted by Gasteiger charge is 2.24. The maximum absolute atomic E-state index is 11.7. The van der Waals surface area contributed by atoms with Crippen LogP contribution in [0, 0.1) is 6.92 Å². The molecule has 1 unspecified atom stereocenters. The molecular formula is C18H18O5. The van der Waals surface area contributed by atoms with Gasteiger partial charge in [0.1, 0.15) is 5.75 Å². The molecule has 0 saturated carbocycles. The van der Waals surface area contributed by atoms with E-state index in [9.17, 15) is 19.8 Å². The first kappa shape index (κ1) is 16.5. The number of carboxylic acid groups (broad SMARTS) is 2. The summed E-state index contributed by atoms with van der Waals surface area (Å²) in [5.41, 5.74) is 2.08. The van der Waals surface area contributed by atoms with Gasteiger partial charge in [-0.3, -0.25) is 4.79 Å². The Kier molecular flexibility index (Phi) is 5.01. The van der Waals surface area contributed by atoms with Crippen LogP contribution in [0.3, 0.4) is 0 Å². The van der Waals surface area contributed by atoms with Gasteiger partial charge in [-0.15, -0.1) is 0 Å². The van der Waals surface area contributed by atoms with Crippen molar-refractivity contribution in [3.05, 3.63) is 64.7 Å². The molecular weight excluding hydrogens is 296 g/mol. The van der Waals surface area contributed by atoms with E-state index in [-0.39, 0.29) is 12.0 Å². The van der Waals surface area contributed by atoms with E-state index in [1.165, 1.54) is 6.07 Å². The quantitative estimate of drug-likeness (QED) is 0.856. The summed E-state index contributed by atoms with van der Waals surface area (Å²) in [4.78, 5) is 23.0. The summed E-state index contributed by atoms with van der Waals surface area (Å²) in [7, 11) is 1.55. The molecule has 2 N–H and O–H groups in total. The molecule has 2 aromatic rings. The van der Waals surface area contributed by atoms with Gasteiger partial charge < -0.3 is 14.9 Å². The SMILES string of the molecule is COc1ccc(C(Cc2ccccc2C(=O)O)C(=O)O)c(C)c1. The number of aromatic carboxylic acids is 1. The molecule has 2 aromatic carbocycles. The van der Waals surface area contributed by atoms with Crippen molar-refractivity contribution in [3.63, 3.8) is 0 Å². The highest BCUT2D eigenvalue weighted by molar-refractivity contribution is 5.89. The number of ether oxygens (including phenoxy) is 1. The van der Waals surface area contributed by atoms with E-state index in [0.29, 0.717) is 16.9 Å². The van der Waals surface area contributed by atoms with Gasteiger partial charge in [0.05, 0.1) is 18.6 Å². The van der Waals surface area contributed by atoms with Crippen LogP contribution in [0.15, 0.2) is 42.5 Å². The number of hydrogen-bond donors (Lipinski definition) is 2. The maximum atomic E-state index is 11.7. The lowest BCUT2D eigenvalue weighted by atomic mass is 9.87. The van der Waals surface area contributed by atoms with Gasteiger partial charge in [-0.2, -0.15) is 0 Å². The largest absolute Gasteiger partial charge is 0.497 e. The van der Waals surface area contributed by atoms with Gasteiger partial charge in [-0.05, 0) is 48.2 Å². The van der Waals surface area contributed by atoms with Gasteiger partial charge in [0.15, 0.2) is 0 Å². The first-order valence-corrected chi connectivity index (χ1v) is 7.12. The van der Waals surface area contributed by atoms with Crippen LogP contribution in [-0.2, 0) is 11.2 Å². The molecule has 0 saturated heterocycles. The average Bonchev–Trinajstić information content (AvgIpc) is 2.52. The fraction of sp³-hybridized carbons (Fsp3) is 0.222. The number of methoxy groups -OCH3 is 1. The molecule has 0 spiro atoms. The molecule has 0 amide bonds. The zero-order chi connectivity index (χ0) is 17.0. The lowest BCUT2D eigenvalue weighted by Gasteiger charge is -2.17. The first-order chi connectivity index (χ1) is 10.9. The summed E-state index contributed by atoms with van der Waals surface area (Å²) in [6.45, 7) is 1.82. The van der Waals surface area contributed by atoms with Gasteiger partial charge in [0.2, 0.25) is 0 Å². The molecule has 2 rings (SSSR count). The summed E-state index contributed by atoms with van der Waals surface area (Å²) in [6, 6.07) is 11.7. The van der Waals surface area contributed by atoms with Crippen molar-refractivity contribution >= 4 is 11.9 Å². The summed E-state index contributed by atoms with van der Waals surface area (Å²) < 4.78 is 5.13. The van der Waals surface area contributed by atoms with Crippen LogP contribution in [0.2, 0.25) is 0 Å². The van der Waals surface area contributed by atoms with Crippen LogP contribution in [0.4, 0.5) is 0 Å². The number of aryl methyl sites for hydroxylation is 1. The summed E-state index contributed by atoms with van der Waals surface area (Å²) >= 11 is 0. The van der Waals surface area contributed by atoms with E-state index >= 15 is 0 Å². The second-order valence-corrected chi connectivity index (χ2v) is 5.28. The van der Waals surface area contributed by atoms with Crippen molar-refractivity contribution in [2.45, 2.75) is 19.3 Å². The average molecular weight is 314 g/mol. The predicted molar refractivity (Wildman–Crippen MR) is 85.2 cm³/mol. The number of carbonyl (C=O) groups is 2. The Balaban J connectivity index is 2.41. The van der Waals surface area contributed by atoms with E-state index < -0.39 is 17.9 Å². The topological polar surface area (TPSA) is 83.8 Å². The Morgan fingerprint density at radius 1 is 1.13 bits per heavy atom. The lowest BCUT2D eigenvalue weighted by Crippen LogP contribution is -2.17. The number of rotatable bonds is 6. The van der Waals surface area contributed by atoms with Crippen LogP contribution >= 0.6 is 0 Å². The molecule has 0 aliphatic rings. The van der Waals surface area contributed by atoms with Gasteiger partial charge in [0.25, 0.3) is 0 Å². The second kappa shape index (κ2) is 6.96. The highest BCUT2D eigenvalue weighted by Crippen LogP contribution is 2.28. The number of benzene rings is 2. The minimum Gasteiger partial charge on any atom is -0.497 e. The first-order valence-electron chi connectivity index (χ1n) is 7.12. The molecule has 0 aliphatic carbocycles. The van der Waals surface area contributed by atoms with E-state index in [2.05, 4.69) is 0 Å². The highest BCUT2D eigenvalue weighted by atomic mass is 16.5. The van der Waals surface area contributed by atoms with Crippen molar-refractivity contribution < 1.29 is 24.5 Å². The second-order valence-electron chi connectivity index (χ2n) is 5.28. The maximum Gasteiger partial charge on any atom is 0.335 e. The summed E-state index contributed by atoms with van der Waals surface area (Å²) in [5, 5.41) is 18.8. The smallest absolute Gasteiger partial charge is 0.335 e. The minimum absolute atomic E-state index is 0.116. The molecule has 5 nitrogen and oxygen atoms in total. The van der Waals surface area contributed by atoms with Gasteiger partial charge >= 0.3 is 11.9 Å². The molecule has 0 radical (unpaired) electrons. The van der Waals surface area contributed by atoms with E-state index in [1.54, 1.807) is 43.5 Å². The Morgan fingerprint density at radius 2 is 1.83 bits per heavy atom.